The summed E-state index contributed by atoms with van der Waals surface area (Å²) in [5, 5.41) is 9.27. The summed E-state index contributed by atoms with van der Waals surface area (Å²) in [6.45, 7) is 5.06. The quantitative estimate of drug-likeness (QED) is 0.458. The van der Waals surface area contributed by atoms with Gasteiger partial charge in [-0.3, -0.25) is 9.69 Å². The molecule has 4 rings (SSSR count). The highest BCUT2D eigenvalue weighted by molar-refractivity contribution is 7.10. The van der Waals surface area contributed by atoms with Gasteiger partial charge in [-0.25, -0.2) is 0 Å². The van der Waals surface area contributed by atoms with E-state index in [0.717, 1.165) is 24.6 Å². The Morgan fingerprint density at radius 3 is 2.74 bits per heavy atom. The van der Waals surface area contributed by atoms with Gasteiger partial charge in [-0.05, 0) is 61.5 Å². The van der Waals surface area contributed by atoms with Crippen LogP contribution in [0.2, 0.25) is 0 Å². The Labute approximate surface area is 204 Å². The number of methoxy groups -OCH3 is 2. The smallest absolute Gasteiger partial charge is 0.227 e. The molecule has 3 heterocycles. The summed E-state index contributed by atoms with van der Waals surface area (Å²) >= 11 is 1.75. The lowest BCUT2D eigenvalue weighted by Gasteiger charge is -2.36. The van der Waals surface area contributed by atoms with Gasteiger partial charge in [0.15, 0.2) is 11.5 Å². The van der Waals surface area contributed by atoms with Crippen molar-refractivity contribution in [2.45, 2.75) is 38.6 Å². The maximum Gasteiger partial charge on any atom is 0.227 e. The normalized spacial score (nSPS) is 15.7. The second kappa shape index (κ2) is 11.5. The molecule has 1 aliphatic heterocycles. The average Bonchev–Trinajstić information content (AvgIpc) is 3.56. The molecular weight excluding hydrogens is 452 g/mol. The Balaban J connectivity index is 1.31. The highest BCUT2D eigenvalue weighted by Crippen LogP contribution is 2.31. The fourth-order valence-corrected chi connectivity index (χ4v) is 5.06. The number of ether oxygens (including phenoxy) is 2. The maximum absolute atomic E-state index is 12.6. The zero-order valence-electron chi connectivity index (χ0n) is 20.0. The number of carbonyl (C=O) groups is 1. The van der Waals surface area contributed by atoms with Crippen molar-refractivity contribution in [3.63, 3.8) is 0 Å². The zero-order chi connectivity index (χ0) is 23.9. The molecule has 0 bridgehead atoms. The summed E-state index contributed by atoms with van der Waals surface area (Å²) < 4.78 is 16.0. The summed E-state index contributed by atoms with van der Waals surface area (Å²) in [5.41, 5.74) is 0.756. The van der Waals surface area contributed by atoms with Crippen LogP contribution in [-0.2, 0) is 11.2 Å². The van der Waals surface area contributed by atoms with Gasteiger partial charge in [0.25, 0.3) is 0 Å². The average molecular weight is 485 g/mol. The first kappa shape index (κ1) is 24.2. The summed E-state index contributed by atoms with van der Waals surface area (Å²) in [7, 11) is 3.17. The molecule has 1 saturated heterocycles. The van der Waals surface area contributed by atoms with Crippen molar-refractivity contribution in [2.24, 2.45) is 5.92 Å². The topological polar surface area (TPSA) is 89.7 Å². The van der Waals surface area contributed by atoms with Crippen molar-refractivity contribution in [1.82, 2.24) is 20.4 Å². The number of carbonyl (C=O) groups excluding carboxylic acids is 1. The molecule has 8 nitrogen and oxygen atoms in total. The van der Waals surface area contributed by atoms with E-state index in [2.05, 4.69) is 44.8 Å². The lowest BCUT2D eigenvalue weighted by Crippen LogP contribution is -2.41. The van der Waals surface area contributed by atoms with Gasteiger partial charge in [0.1, 0.15) is 0 Å². The van der Waals surface area contributed by atoms with Gasteiger partial charge < -0.3 is 19.3 Å². The number of likely N-dealkylation sites (tertiary alicyclic amines) is 1. The fraction of sp³-hybridized carbons (Fsp3) is 0.480. The lowest BCUT2D eigenvalue weighted by atomic mass is 9.97. The van der Waals surface area contributed by atoms with E-state index in [0.29, 0.717) is 42.6 Å². The minimum Gasteiger partial charge on any atom is -0.493 e. The molecule has 9 heteroatoms. The van der Waals surface area contributed by atoms with E-state index in [1.807, 2.05) is 6.07 Å². The van der Waals surface area contributed by atoms with Crippen molar-refractivity contribution < 1.29 is 18.8 Å². The van der Waals surface area contributed by atoms with Gasteiger partial charge >= 0.3 is 0 Å². The highest BCUT2D eigenvalue weighted by Gasteiger charge is 2.25. The number of benzene rings is 1. The molecule has 1 fully saturated rings. The second-order valence-electron chi connectivity index (χ2n) is 8.64. The Morgan fingerprint density at radius 1 is 1.24 bits per heavy atom. The Hall–Kier alpha value is -2.91. The number of rotatable bonds is 10. The third kappa shape index (κ3) is 5.95. The van der Waals surface area contributed by atoms with E-state index in [9.17, 15) is 4.79 Å². The van der Waals surface area contributed by atoms with Gasteiger partial charge in [-0.15, -0.1) is 11.3 Å². The number of aryl methyl sites for hydroxylation is 1. The fourth-order valence-electron chi connectivity index (χ4n) is 4.20. The van der Waals surface area contributed by atoms with Gasteiger partial charge in [-0.2, -0.15) is 4.98 Å². The van der Waals surface area contributed by atoms with Crippen LogP contribution in [0.5, 0.6) is 11.5 Å². The summed E-state index contributed by atoms with van der Waals surface area (Å²) in [6, 6.07) is 9.89. The van der Waals surface area contributed by atoms with Crippen LogP contribution in [0.4, 0.5) is 0 Å². The van der Waals surface area contributed by atoms with E-state index < -0.39 is 0 Å². The van der Waals surface area contributed by atoms with Crippen molar-refractivity contribution in [1.29, 1.82) is 0 Å². The third-order valence-electron chi connectivity index (χ3n) is 6.30. The SMILES string of the molecule is COc1ccc(-c2noc(CCC(=O)NC[C@@H](c3cccs3)N3CCC(C)CC3)n2)cc1OC. The van der Waals surface area contributed by atoms with Crippen LogP contribution in [0.1, 0.15) is 43.0 Å². The molecule has 1 N–H and O–H groups in total. The van der Waals surface area contributed by atoms with E-state index in [1.165, 1.54) is 17.7 Å². The summed E-state index contributed by atoms with van der Waals surface area (Å²) in [6.07, 6.45) is 3.09. The van der Waals surface area contributed by atoms with Crippen molar-refractivity contribution in [2.75, 3.05) is 33.9 Å². The molecule has 182 valence electrons. The predicted molar refractivity (Wildman–Crippen MR) is 131 cm³/mol. The van der Waals surface area contributed by atoms with Crippen LogP contribution in [0, 0.1) is 5.92 Å². The highest BCUT2D eigenvalue weighted by atomic mass is 32.1. The molecule has 0 spiro atoms. The van der Waals surface area contributed by atoms with Crippen molar-refractivity contribution >= 4 is 17.2 Å². The molecule has 0 unspecified atom stereocenters. The Kier molecular flexibility index (Phi) is 8.18. The predicted octanol–water partition coefficient (Wildman–Crippen LogP) is 4.34. The summed E-state index contributed by atoms with van der Waals surface area (Å²) in [4.78, 5) is 20.8. The Bertz CT molecular complexity index is 1060. The van der Waals surface area contributed by atoms with Crippen LogP contribution in [0.3, 0.4) is 0 Å². The van der Waals surface area contributed by atoms with Gasteiger partial charge in [0.2, 0.25) is 17.6 Å². The molecule has 3 aromatic rings. The van der Waals surface area contributed by atoms with Gasteiger partial charge in [-0.1, -0.05) is 18.1 Å². The van der Waals surface area contributed by atoms with Crippen LogP contribution < -0.4 is 14.8 Å². The van der Waals surface area contributed by atoms with Crippen molar-refractivity contribution in [3.8, 4) is 22.9 Å². The number of nitrogens with zero attached hydrogens (tertiary/aromatic N) is 3. The van der Waals surface area contributed by atoms with E-state index in [4.69, 9.17) is 14.0 Å². The number of hydrogen-bond acceptors (Lipinski definition) is 8. The minimum atomic E-state index is -0.0159. The monoisotopic (exact) mass is 484 g/mol. The number of aromatic nitrogens is 2. The molecule has 1 amide bonds. The standard InChI is InChI=1S/C25H32N4O4S/c1-17-10-12-29(13-11-17)19(22-5-4-14-34-22)16-26-23(30)8-9-24-27-25(28-33-24)18-6-7-20(31-2)21(15-18)32-3/h4-7,14-15,17,19H,8-13,16H2,1-3H3,(H,26,30)/t19-/m0/s1. The molecule has 34 heavy (non-hydrogen) atoms. The molecule has 1 aliphatic rings. The molecule has 0 radical (unpaired) electrons. The lowest BCUT2D eigenvalue weighted by molar-refractivity contribution is -0.121. The first-order valence-electron chi connectivity index (χ1n) is 11.7. The zero-order valence-corrected chi connectivity index (χ0v) is 20.8. The van der Waals surface area contributed by atoms with Crippen LogP contribution in [0.25, 0.3) is 11.4 Å². The van der Waals surface area contributed by atoms with Crippen LogP contribution >= 0.6 is 11.3 Å². The third-order valence-corrected chi connectivity index (χ3v) is 7.27. The molecule has 1 aromatic carbocycles. The molecule has 2 aromatic heterocycles. The molecule has 1 atom stereocenters. The minimum absolute atomic E-state index is 0.0159. The number of amides is 1. The Morgan fingerprint density at radius 2 is 2.03 bits per heavy atom. The first-order chi connectivity index (χ1) is 16.6. The number of hydrogen-bond donors (Lipinski definition) is 1. The number of thiophene rings is 1. The van der Waals surface area contributed by atoms with Gasteiger partial charge in [0, 0.05) is 29.8 Å². The van der Waals surface area contributed by atoms with Crippen LogP contribution in [-0.4, -0.2) is 54.8 Å². The van der Waals surface area contributed by atoms with E-state index in [1.54, 1.807) is 37.7 Å². The second-order valence-corrected chi connectivity index (χ2v) is 9.61. The molecular formula is C25H32N4O4S. The summed E-state index contributed by atoms with van der Waals surface area (Å²) in [5.74, 6) is 2.86. The van der Waals surface area contributed by atoms with Crippen molar-refractivity contribution in [3.05, 3.63) is 46.5 Å². The number of piperidine rings is 1. The van der Waals surface area contributed by atoms with E-state index >= 15 is 0 Å². The molecule has 0 saturated carbocycles. The van der Waals surface area contributed by atoms with E-state index in [-0.39, 0.29) is 11.9 Å². The van der Waals surface area contributed by atoms with Gasteiger partial charge in [0.05, 0.1) is 20.3 Å². The molecule has 0 aliphatic carbocycles. The maximum atomic E-state index is 12.6. The largest absolute Gasteiger partial charge is 0.493 e. The first-order valence-corrected chi connectivity index (χ1v) is 12.5. The number of nitrogens with one attached hydrogen (secondary N) is 1. The van der Waals surface area contributed by atoms with Crippen LogP contribution in [0.15, 0.2) is 40.2 Å².